The molecule has 3 unspecified atom stereocenters. The fourth-order valence-electron chi connectivity index (χ4n) is 11.1. The molecule has 92 heavy (non-hydrogen) atoms. The van der Waals surface area contributed by atoms with Gasteiger partial charge in [0.05, 0.1) is 26.4 Å². The Hall–Kier alpha value is -1.94. The van der Waals surface area contributed by atoms with Gasteiger partial charge >= 0.3 is 39.5 Å². The van der Waals surface area contributed by atoms with E-state index in [9.17, 15) is 43.2 Å². The van der Waals surface area contributed by atoms with E-state index < -0.39 is 97.5 Å². The molecule has 0 aromatic rings. The van der Waals surface area contributed by atoms with Crippen molar-refractivity contribution in [2.45, 2.75) is 394 Å². The molecule has 0 aliphatic rings. The number of aliphatic hydroxyl groups is 1. The van der Waals surface area contributed by atoms with Gasteiger partial charge in [0.2, 0.25) is 0 Å². The van der Waals surface area contributed by atoms with E-state index in [1.54, 1.807) is 0 Å². The molecule has 0 saturated heterocycles. The van der Waals surface area contributed by atoms with Crippen LogP contribution >= 0.6 is 15.6 Å². The summed E-state index contributed by atoms with van der Waals surface area (Å²) in [6.07, 6.45) is 51.7. The number of rotatable bonds is 72. The molecule has 0 amide bonds. The minimum absolute atomic E-state index is 0.102. The van der Waals surface area contributed by atoms with Crippen molar-refractivity contribution in [1.82, 2.24) is 0 Å². The first-order valence-electron chi connectivity index (χ1n) is 38.0. The number of hydrogen-bond acceptors (Lipinski definition) is 15. The average molecular weight is 1350 g/mol. The van der Waals surface area contributed by atoms with Crippen LogP contribution in [-0.4, -0.2) is 96.7 Å². The molecule has 0 rings (SSSR count). The van der Waals surface area contributed by atoms with Crippen LogP contribution in [-0.2, 0) is 65.4 Å². The number of ether oxygens (including phenoxy) is 4. The van der Waals surface area contributed by atoms with Crippen LogP contribution in [0.5, 0.6) is 0 Å². The van der Waals surface area contributed by atoms with Crippen molar-refractivity contribution in [2.75, 3.05) is 39.6 Å². The molecule has 17 nitrogen and oxygen atoms in total. The van der Waals surface area contributed by atoms with Crippen LogP contribution in [0.25, 0.3) is 0 Å². The third-order valence-corrected chi connectivity index (χ3v) is 19.2. The monoisotopic (exact) mass is 1350 g/mol. The van der Waals surface area contributed by atoms with E-state index in [-0.39, 0.29) is 25.7 Å². The first kappa shape index (κ1) is 90.1. The molecule has 0 aliphatic carbocycles. The molecule has 19 heteroatoms. The standard InChI is InChI=1S/C73H142O17P2/c1-7-10-12-14-16-18-19-20-21-22-23-24-25-26-27-28-29-34-38-45-51-57-72(77)89-68(61-84-71(76)56-50-44-37-33-31-30-32-35-42-48-54-66(6)9-3)63-87-91(79,80)85-59-67(74)60-86-92(81,82)88-64-69(62-83-70(75)55-49-43-36-17-15-13-11-8-2)90-73(78)58-52-46-40-39-41-47-53-65(4)5/h65-69,74H,7-64H2,1-6H3,(H,79,80)(H,81,82)/t66?,67-,68-,69-/m1/s1. The van der Waals surface area contributed by atoms with Crippen molar-refractivity contribution in [3.63, 3.8) is 0 Å². The first-order valence-corrected chi connectivity index (χ1v) is 41.0. The molecule has 0 bridgehead atoms. The Balaban J connectivity index is 5.16. The highest BCUT2D eigenvalue weighted by atomic mass is 31.2. The zero-order valence-electron chi connectivity index (χ0n) is 59.9. The number of esters is 4. The lowest BCUT2D eigenvalue weighted by Crippen LogP contribution is -2.30. The van der Waals surface area contributed by atoms with E-state index in [2.05, 4.69) is 41.5 Å². The SMILES string of the molecule is CCCCCCCCCCCCCCCCCCCCCCCC(=O)O[C@H](COC(=O)CCCCCCCCCCCCC(C)CC)COP(=O)(O)OC[C@@H](O)COP(=O)(O)OC[C@@H](COC(=O)CCCCCCCCCC)OC(=O)CCCCCCCCC(C)C. The Morgan fingerprint density at radius 2 is 0.554 bits per heavy atom. The zero-order valence-corrected chi connectivity index (χ0v) is 61.6. The summed E-state index contributed by atoms with van der Waals surface area (Å²) in [5.74, 6) is -0.650. The topological polar surface area (TPSA) is 237 Å². The summed E-state index contributed by atoms with van der Waals surface area (Å²) in [4.78, 5) is 72.5. The number of unbranched alkanes of at least 4 members (excludes halogenated alkanes) is 41. The quantitative estimate of drug-likeness (QED) is 0.0222. The molecule has 0 heterocycles. The highest BCUT2D eigenvalue weighted by Gasteiger charge is 2.30. The molecule has 0 aromatic heterocycles. The molecule has 546 valence electrons. The lowest BCUT2D eigenvalue weighted by Gasteiger charge is -2.21. The predicted octanol–water partition coefficient (Wildman–Crippen LogP) is 21.2. The molecule has 0 aromatic carbocycles. The van der Waals surface area contributed by atoms with Gasteiger partial charge in [-0.25, -0.2) is 9.13 Å². The minimum Gasteiger partial charge on any atom is -0.462 e. The number of aliphatic hydroxyl groups excluding tert-OH is 1. The van der Waals surface area contributed by atoms with Crippen LogP contribution in [0.1, 0.15) is 375 Å². The number of hydrogen-bond donors (Lipinski definition) is 3. The minimum atomic E-state index is -4.95. The Labute approximate surface area is 562 Å². The Morgan fingerprint density at radius 3 is 0.826 bits per heavy atom. The average Bonchev–Trinajstić information content (AvgIpc) is 2.48. The number of carbonyl (C=O) groups excluding carboxylic acids is 4. The van der Waals surface area contributed by atoms with E-state index in [1.807, 2.05) is 0 Å². The second-order valence-electron chi connectivity index (χ2n) is 27.1. The predicted molar refractivity (Wildman–Crippen MR) is 372 cm³/mol. The maximum atomic E-state index is 13.1. The van der Waals surface area contributed by atoms with Crippen LogP contribution < -0.4 is 0 Å². The smallest absolute Gasteiger partial charge is 0.462 e. The van der Waals surface area contributed by atoms with Crippen molar-refractivity contribution in [2.24, 2.45) is 11.8 Å². The van der Waals surface area contributed by atoms with Gasteiger partial charge < -0.3 is 33.8 Å². The molecule has 0 spiro atoms. The fraction of sp³-hybridized carbons (Fsp3) is 0.945. The summed E-state index contributed by atoms with van der Waals surface area (Å²) in [5, 5.41) is 10.6. The number of phosphoric ester groups is 2. The zero-order chi connectivity index (χ0) is 67.9. The van der Waals surface area contributed by atoms with Crippen LogP contribution in [0, 0.1) is 11.8 Å². The molecule has 3 N–H and O–H groups in total. The van der Waals surface area contributed by atoms with E-state index in [1.165, 1.54) is 186 Å². The van der Waals surface area contributed by atoms with Crippen molar-refractivity contribution < 1.29 is 80.2 Å². The van der Waals surface area contributed by atoms with Gasteiger partial charge in [-0.3, -0.25) is 37.3 Å². The molecule has 0 saturated carbocycles. The van der Waals surface area contributed by atoms with Gasteiger partial charge in [0.15, 0.2) is 12.2 Å². The van der Waals surface area contributed by atoms with E-state index in [0.717, 1.165) is 102 Å². The van der Waals surface area contributed by atoms with E-state index >= 15 is 0 Å². The van der Waals surface area contributed by atoms with Gasteiger partial charge in [-0.1, -0.05) is 324 Å². The lowest BCUT2D eigenvalue weighted by molar-refractivity contribution is -0.161. The van der Waals surface area contributed by atoms with Crippen molar-refractivity contribution in [1.29, 1.82) is 0 Å². The van der Waals surface area contributed by atoms with Gasteiger partial charge in [-0.15, -0.1) is 0 Å². The Morgan fingerprint density at radius 1 is 0.315 bits per heavy atom. The van der Waals surface area contributed by atoms with E-state index in [0.29, 0.717) is 31.6 Å². The maximum Gasteiger partial charge on any atom is 0.472 e. The summed E-state index contributed by atoms with van der Waals surface area (Å²) < 4.78 is 68.3. The molecule has 0 aliphatic heterocycles. The number of carbonyl (C=O) groups is 4. The largest absolute Gasteiger partial charge is 0.472 e. The third kappa shape index (κ3) is 65.4. The van der Waals surface area contributed by atoms with Gasteiger partial charge in [0, 0.05) is 25.7 Å². The summed E-state index contributed by atoms with van der Waals surface area (Å²) in [6.45, 7) is 9.47. The van der Waals surface area contributed by atoms with Gasteiger partial charge in [0.25, 0.3) is 0 Å². The first-order chi connectivity index (χ1) is 44.4. The molecular weight excluding hydrogens is 1210 g/mol. The normalized spacial score (nSPS) is 14.4. The summed E-state index contributed by atoms with van der Waals surface area (Å²) in [5.41, 5.74) is 0. The fourth-order valence-corrected chi connectivity index (χ4v) is 12.7. The highest BCUT2D eigenvalue weighted by molar-refractivity contribution is 7.47. The number of phosphoric acid groups is 2. The van der Waals surface area contributed by atoms with Crippen molar-refractivity contribution >= 4 is 39.5 Å². The highest BCUT2D eigenvalue weighted by Crippen LogP contribution is 2.45. The second-order valence-corrected chi connectivity index (χ2v) is 30.0. The molecule has 0 radical (unpaired) electrons. The van der Waals surface area contributed by atoms with E-state index in [4.69, 9.17) is 37.0 Å². The van der Waals surface area contributed by atoms with Gasteiger partial charge in [0.1, 0.15) is 19.3 Å². The maximum absolute atomic E-state index is 13.1. The molecular formula is C73H142O17P2. The third-order valence-electron chi connectivity index (χ3n) is 17.3. The molecule has 6 atom stereocenters. The van der Waals surface area contributed by atoms with Crippen LogP contribution in [0.3, 0.4) is 0 Å². The van der Waals surface area contributed by atoms with Crippen molar-refractivity contribution in [3.05, 3.63) is 0 Å². The van der Waals surface area contributed by atoms with Gasteiger partial charge in [-0.05, 0) is 37.5 Å². The van der Waals surface area contributed by atoms with Crippen LogP contribution in [0.4, 0.5) is 0 Å². The Kier molecular flexibility index (Phi) is 63.7. The Bertz CT molecular complexity index is 1790. The van der Waals surface area contributed by atoms with Crippen LogP contribution in [0.15, 0.2) is 0 Å². The summed E-state index contributed by atoms with van der Waals surface area (Å²) >= 11 is 0. The second kappa shape index (κ2) is 65.0. The molecule has 0 fully saturated rings. The summed E-state index contributed by atoms with van der Waals surface area (Å²) in [7, 11) is -9.90. The van der Waals surface area contributed by atoms with Crippen LogP contribution in [0.2, 0.25) is 0 Å². The van der Waals surface area contributed by atoms with Crippen molar-refractivity contribution in [3.8, 4) is 0 Å². The summed E-state index contributed by atoms with van der Waals surface area (Å²) in [6, 6.07) is 0. The lowest BCUT2D eigenvalue weighted by atomic mass is 9.99. The van der Waals surface area contributed by atoms with Gasteiger partial charge in [-0.2, -0.15) is 0 Å².